The van der Waals surface area contributed by atoms with E-state index in [-0.39, 0.29) is 11.9 Å². The molecule has 1 atom stereocenters. The molecule has 2 aromatic heterocycles. The van der Waals surface area contributed by atoms with Crippen molar-refractivity contribution in [1.82, 2.24) is 24.9 Å². The molecule has 1 aliphatic rings. The van der Waals surface area contributed by atoms with E-state index < -0.39 is 0 Å². The molecule has 7 nitrogen and oxygen atoms in total. The number of pyridine rings is 1. The van der Waals surface area contributed by atoms with E-state index in [1.165, 1.54) is 0 Å². The fraction of sp³-hybridized carbons (Fsp3) is 0.333. The van der Waals surface area contributed by atoms with Gasteiger partial charge in [-0.25, -0.2) is 4.68 Å². The molecular weight excluding hydrogens is 352 g/mol. The van der Waals surface area contributed by atoms with Crippen molar-refractivity contribution in [3.63, 3.8) is 0 Å². The van der Waals surface area contributed by atoms with Gasteiger partial charge in [0, 0.05) is 37.4 Å². The number of amides is 1. The van der Waals surface area contributed by atoms with Gasteiger partial charge in [0.05, 0.1) is 23.0 Å². The highest BCUT2D eigenvalue weighted by Gasteiger charge is 2.29. The first-order valence-corrected chi connectivity index (χ1v) is 9.70. The lowest BCUT2D eigenvalue weighted by Gasteiger charge is -2.19. The van der Waals surface area contributed by atoms with Crippen molar-refractivity contribution in [3.05, 3.63) is 66.2 Å². The van der Waals surface area contributed by atoms with Crippen LogP contribution in [-0.2, 0) is 6.42 Å². The summed E-state index contributed by atoms with van der Waals surface area (Å²) in [7, 11) is 0. The number of carbonyl (C=O) groups excluding carboxylic acids is 1. The third kappa shape index (κ3) is 3.88. The molecule has 144 valence electrons. The third-order valence-corrected chi connectivity index (χ3v) is 5.01. The number of nitrogens with one attached hydrogen (secondary N) is 1. The summed E-state index contributed by atoms with van der Waals surface area (Å²) in [4.78, 5) is 19.1. The number of hydrogen-bond acceptors (Lipinski definition) is 5. The van der Waals surface area contributed by atoms with Crippen molar-refractivity contribution in [2.24, 2.45) is 0 Å². The minimum absolute atomic E-state index is 0.0357. The predicted molar refractivity (Wildman–Crippen MR) is 108 cm³/mol. The molecule has 1 aliphatic heterocycles. The third-order valence-electron chi connectivity index (χ3n) is 5.01. The van der Waals surface area contributed by atoms with E-state index in [9.17, 15) is 4.79 Å². The fourth-order valence-electron chi connectivity index (χ4n) is 3.54. The van der Waals surface area contributed by atoms with Gasteiger partial charge in [-0.1, -0.05) is 30.7 Å². The van der Waals surface area contributed by atoms with Gasteiger partial charge in [0.15, 0.2) is 0 Å². The van der Waals surface area contributed by atoms with Gasteiger partial charge in [-0.15, -0.1) is 5.10 Å². The monoisotopic (exact) mass is 376 g/mol. The van der Waals surface area contributed by atoms with Crippen LogP contribution < -0.4 is 5.32 Å². The molecule has 1 aromatic carbocycles. The number of rotatable bonds is 6. The zero-order chi connectivity index (χ0) is 19.3. The van der Waals surface area contributed by atoms with Gasteiger partial charge < -0.3 is 10.2 Å². The van der Waals surface area contributed by atoms with Gasteiger partial charge in [-0.2, -0.15) is 0 Å². The molecule has 1 amide bonds. The molecular formula is C21H24N6O. The predicted octanol–water partition coefficient (Wildman–Crippen LogP) is 3.46. The summed E-state index contributed by atoms with van der Waals surface area (Å²) in [5, 5.41) is 11.8. The standard InChI is InChI=1S/C21H24N6O/c1-2-5-17-14-27(25-24-17)18-10-13-26(15-18)21(28)19-6-3-4-7-20(19)23-16-8-11-22-12-9-16/h3-4,6-9,11-12,14,18H,2,5,10,13,15H2,1H3,(H,22,23)/t18-/m1/s1. The van der Waals surface area contributed by atoms with Crippen LogP contribution in [-0.4, -0.2) is 43.9 Å². The Bertz CT molecular complexity index is 939. The molecule has 1 N–H and O–H groups in total. The minimum atomic E-state index is 0.0357. The Kier molecular flexibility index (Phi) is 5.32. The van der Waals surface area contributed by atoms with Crippen molar-refractivity contribution in [2.45, 2.75) is 32.2 Å². The number of carbonyl (C=O) groups is 1. The SMILES string of the molecule is CCCc1cn([C@@H]2CCN(C(=O)c3ccccc3Nc3ccncc3)C2)nn1. The molecule has 1 saturated heterocycles. The maximum absolute atomic E-state index is 13.2. The first-order chi connectivity index (χ1) is 13.7. The summed E-state index contributed by atoms with van der Waals surface area (Å²) in [6.07, 6.45) is 8.34. The van der Waals surface area contributed by atoms with E-state index in [4.69, 9.17) is 0 Å². The van der Waals surface area contributed by atoms with Crippen LogP contribution in [0.1, 0.15) is 41.9 Å². The van der Waals surface area contributed by atoms with Crippen LogP contribution in [0.5, 0.6) is 0 Å². The molecule has 0 spiro atoms. The second-order valence-corrected chi connectivity index (χ2v) is 7.04. The van der Waals surface area contributed by atoms with Gasteiger partial charge in [0.2, 0.25) is 0 Å². The summed E-state index contributed by atoms with van der Waals surface area (Å²) in [5.74, 6) is 0.0357. The number of nitrogens with zero attached hydrogens (tertiary/aromatic N) is 5. The smallest absolute Gasteiger partial charge is 0.256 e. The molecule has 3 aromatic rings. The molecule has 0 bridgehead atoms. The summed E-state index contributed by atoms with van der Waals surface area (Å²) >= 11 is 0. The molecule has 1 fully saturated rings. The van der Waals surface area contributed by atoms with Crippen LogP contribution in [0, 0.1) is 0 Å². The van der Waals surface area contributed by atoms with Crippen molar-refractivity contribution in [3.8, 4) is 0 Å². The van der Waals surface area contributed by atoms with E-state index in [1.807, 2.05) is 52.2 Å². The van der Waals surface area contributed by atoms with E-state index in [0.717, 1.165) is 42.9 Å². The van der Waals surface area contributed by atoms with Gasteiger partial charge in [0.25, 0.3) is 5.91 Å². The maximum atomic E-state index is 13.2. The number of hydrogen-bond donors (Lipinski definition) is 1. The van der Waals surface area contributed by atoms with Gasteiger partial charge in [0.1, 0.15) is 0 Å². The Hall–Kier alpha value is -3.22. The van der Waals surface area contributed by atoms with Crippen molar-refractivity contribution in [1.29, 1.82) is 0 Å². The van der Waals surface area contributed by atoms with Crippen LogP contribution in [0.25, 0.3) is 0 Å². The average molecular weight is 376 g/mol. The lowest BCUT2D eigenvalue weighted by atomic mass is 10.1. The van der Waals surface area contributed by atoms with E-state index in [1.54, 1.807) is 12.4 Å². The highest BCUT2D eigenvalue weighted by molar-refractivity contribution is 6.00. The van der Waals surface area contributed by atoms with Gasteiger partial charge >= 0.3 is 0 Å². The average Bonchev–Trinajstić information content (AvgIpc) is 3.39. The van der Waals surface area contributed by atoms with Crippen molar-refractivity contribution < 1.29 is 4.79 Å². The Morgan fingerprint density at radius 3 is 2.86 bits per heavy atom. The minimum Gasteiger partial charge on any atom is -0.355 e. The molecule has 3 heterocycles. The second kappa shape index (κ2) is 8.21. The molecule has 7 heteroatoms. The molecule has 0 radical (unpaired) electrons. The van der Waals surface area contributed by atoms with E-state index in [2.05, 4.69) is 27.5 Å². The topological polar surface area (TPSA) is 75.9 Å². The molecule has 0 unspecified atom stereocenters. The van der Waals surface area contributed by atoms with Crippen molar-refractivity contribution >= 4 is 17.3 Å². The molecule has 0 saturated carbocycles. The number of anilines is 2. The zero-order valence-corrected chi connectivity index (χ0v) is 16.0. The van der Waals surface area contributed by atoms with Crippen LogP contribution in [0.15, 0.2) is 55.0 Å². The highest BCUT2D eigenvalue weighted by Crippen LogP contribution is 2.26. The maximum Gasteiger partial charge on any atom is 0.256 e. The number of aryl methyl sites for hydroxylation is 1. The summed E-state index contributed by atoms with van der Waals surface area (Å²) < 4.78 is 1.92. The number of para-hydroxylation sites is 1. The molecule has 28 heavy (non-hydrogen) atoms. The lowest BCUT2D eigenvalue weighted by molar-refractivity contribution is 0.0788. The second-order valence-electron chi connectivity index (χ2n) is 7.04. The van der Waals surface area contributed by atoms with Crippen LogP contribution >= 0.6 is 0 Å². The summed E-state index contributed by atoms with van der Waals surface area (Å²) in [6.45, 7) is 3.50. The highest BCUT2D eigenvalue weighted by atomic mass is 16.2. The summed E-state index contributed by atoms with van der Waals surface area (Å²) in [5.41, 5.74) is 3.39. The fourth-order valence-corrected chi connectivity index (χ4v) is 3.54. The first kappa shape index (κ1) is 18.2. The molecule has 0 aliphatic carbocycles. The lowest BCUT2D eigenvalue weighted by Crippen LogP contribution is -2.29. The van der Waals surface area contributed by atoms with Crippen LogP contribution in [0.2, 0.25) is 0 Å². The quantitative estimate of drug-likeness (QED) is 0.713. The Labute approximate surface area is 164 Å². The number of likely N-dealkylation sites (tertiary alicyclic amines) is 1. The zero-order valence-electron chi connectivity index (χ0n) is 16.0. The van der Waals surface area contributed by atoms with Gasteiger partial charge in [-0.05, 0) is 37.1 Å². The van der Waals surface area contributed by atoms with Crippen molar-refractivity contribution in [2.75, 3.05) is 18.4 Å². The van der Waals surface area contributed by atoms with Crippen LogP contribution in [0.4, 0.5) is 11.4 Å². The molecule has 4 rings (SSSR count). The Balaban J connectivity index is 1.48. The largest absolute Gasteiger partial charge is 0.355 e. The Morgan fingerprint density at radius 2 is 2.04 bits per heavy atom. The first-order valence-electron chi connectivity index (χ1n) is 9.70. The Morgan fingerprint density at radius 1 is 1.21 bits per heavy atom. The van der Waals surface area contributed by atoms with E-state index >= 15 is 0 Å². The van der Waals surface area contributed by atoms with Gasteiger partial charge in [-0.3, -0.25) is 9.78 Å². The number of benzene rings is 1. The summed E-state index contributed by atoms with van der Waals surface area (Å²) in [6, 6.07) is 11.6. The van der Waals surface area contributed by atoms with E-state index in [0.29, 0.717) is 12.1 Å². The normalized spacial score (nSPS) is 16.3. The number of aromatic nitrogens is 4. The van der Waals surface area contributed by atoms with Crippen LogP contribution in [0.3, 0.4) is 0 Å².